The number of methoxy groups -OCH3 is 2. The minimum atomic E-state index is -1.14. The Balaban J connectivity index is 2.67. The first-order valence-electron chi connectivity index (χ1n) is 6.14. The maximum absolute atomic E-state index is 13.0. The van der Waals surface area contributed by atoms with Crippen LogP contribution in [0.1, 0.15) is 12.0 Å². The molecule has 0 aliphatic rings. The summed E-state index contributed by atoms with van der Waals surface area (Å²) < 4.78 is 22.0. The molecule has 0 saturated heterocycles. The lowest BCUT2D eigenvalue weighted by Crippen LogP contribution is -2.43. The van der Waals surface area contributed by atoms with Gasteiger partial charge >= 0.3 is 11.9 Å². The Morgan fingerprint density at radius 2 is 1.95 bits per heavy atom. The van der Waals surface area contributed by atoms with E-state index in [1.54, 1.807) is 6.07 Å². The number of rotatable bonds is 6. The Morgan fingerprint density at radius 1 is 1.24 bits per heavy atom. The van der Waals surface area contributed by atoms with Crippen molar-refractivity contribution in [2.24, 2.45) is 0 Å². The summed E-state index contributed by atoms with van der Waals surface area (Å²) >= 11 is 0. The van der Waals surface area contributed by atoms with E-state index in [9.17, 15) is 18.8 Å². The van der Waals surface area contributed by atoms with Gasteiger partial charge in [0.1, 0.15) is 11.9 Å². The molecule has 0 unspecified atom stereocenters. The van der Waals surface area contributed by atoms with Crippen LogP contribution >= 0.6 is 0 Å². The second-order valence-corrected chi connectivity index (χ2v) is 4.23. The molecule has 0 spiro atoms. The summed E-state index contributed by atoms with van der Waals surface area (Å²) in [6.07, 6.45) is -0.454. The van der Waals surface area contributed by atoms with E-state index >= 15 is 0 Å². The van der Waals surface area contributed by atoms with Crippen molar-refractivity contribution < 1.29 is 28.2 Å². The molecule has 0 aliphatic carbocycles. The van der Waals surface area contributed by atoms with Crippen LogP contribution in [0.4, 0.5) is 4.39 Å². The molecule has 1 N–H and O–H groups in total. The highest BCUT2D eigenvalue weighted by atomic mass is 19.1. The first-order chi connectivity index (χ1) is 9.96. The van der Waals surface area contributed by atoms with Crippen molar-refractivity contribution in [2.45, 2.75) is 18.9 Å². The van der Waals surface area contributed by atoms with E-state index in [1.165, 1.54) is 25.3 Å². The van der Waals surface area contributed by atoms with Gasteiger partial charge in [0, 0.05) is 0 Å². The summed E-state index contributed by atoms with van der Waals surface area (Å²) in [6.45, 7) is 0. The van der Waals surface area contributed by atoms with Crippen LogP contribution in [-0.4, -0.2) is 38.1 Å². The van der Waals surface area contributed by atoms with E-state index in [4.69, 9.17) is 0 Å². The van der Waals surface area contributed by atoms with Crippen LogP contribution in [0.3, 0.4) is 0 Å². The van der Waals surface area contributed by atoms with E-state index in [1.807, 2.05) is 0 Å². The Labute approximate surface area is 121 Å². The topological polar surface area (TPSA) is 81.7 Å². The van der Waals surface area contributed by atoms with Gasteiger partial charge in [0.2, 0.25) is 5.91 Å². The van der Waals surface area contributed by atoms with Crippen molar-refractivity contribution in [3.05, 3.63) is 35.6 Å². The average Bonchev–Trinajstić information content (AvgIpc) is 2.45. The molecule has 0 saturated carbocycles. The minimum Gasteiger partial charge on any atom is -0.469 e. The molecular weight excluding hydrogens is 281 g/mol. The third-order valence-electron chi connectivity index (χ3n) is 2.67. The highest BCUT2D eigenvalue weighted by Gasteiger charge is 2.25. The van der Waals surface area contributed by atoms with Crippen LogP contribution in [0.25, 0.3) is 0 Å². The van der Waals surface area contributed by atoms with E-state index in [0.29, 0.717) is 5.56 Å². The molecular formula is C14H16FNO5. The van der Waals surface area contributed by atoms with Gasteiger partial charge in [0.25, 0.3) is 0 Å². The summed E-state index contributed by atoms with van der Waals surface area (Å²) in [5, 5.41) is 2.36. The molecule has 114 valence electrons. The molecule has 1 aromatic rings. The molecule has 1 amide bonds. The van der Waals surface area contributed by atoms with Crippen LogP contribution < -0.4 is 5.32 Å². The highest BCUT2D eigenvalue weighted by Crippen LogP contribution is 2.05. The van der Waals surface area contributed by atoms with Gasteiger partial charge in [-0.2, -0.15) is 0 Å². The van der Waals surface area contributed by atoms with Gasteiger partial charge in [-0.3, -0.25) is 9.59 Å². The molecule has 0 bridgehead atoms. The third-order valence-corrected chi connectivity index (χ3v) is 2.67. The zero-order valence-electron chi connectivity index (χ0n) is 11.7. The fourth-order valence-electron chi connectivity index (χ4n) is 1.66. The predicted octanol–water partition coefficient (Wildman–Crippen LogP) is 0.589. The van der Waals surface area contributed by atoms with Crippen LogP contribution in [0, 0.1) is 5.82 Å². The number of benzene rings is 1. The number of amides is 1. The van der Waals surface area contributed by atoms with E-state index < -0.39 is 29.7 Å². The molecule has 0 heterocycles. The molecule has 0 fully saturated rings. The first kappa shape index (κ1) is 16.6. The molecule has 1 aromatic carbocycles. The van der Waals surface area contributed by atoms with Crippen molar-refractivity contribution in [2.75, 3.05) is 14.2 Å². The Kier molecular flexibility index (Phi) is 6.32. The van der Waals surface area contributed by atoms with E-state index in [2.05, 4.69) is 14.8 Å². The van der Waals surface area contributed by atoms with Gasteiger partial charge in [-0.1, -0.05) is 12.1 Å². The second kappa shape index (κ2) is 7.98. The van der Waals surface area contributed by atoms with Crippen molar-refractivity contribution in [1.82, 2.24) is 5.32 Å². The summed E-state index contributed by atoms with van der Waals surface area (Å²) in [5.74, 6) is -2.40. The van der Waals surface area contributed by atoms with Crippen LogP contribution in [0.5, 0.6) is 0 Å². The molecule has 0 aromatic heterocycles. The number of carbonyl (C=O) groups is 3. The fraction of sp³-hybridized carbons (Fsp3) is 0.357. The SMILES string of the molecule is COC(=O)C[C@H](NC(=O)Cc1cccc(F)c1)C(=O)OC. The molecule has 0 radical (unpaired) electrons. The largest absolute Gasteiger partial charge is 0.469 e. The van der Waals surface area contributed by atoms with Gasteiger partial charge in [0.15, 0.2) is 0 Å². The molecule has 1 atom stereocenters. The second-order valence-electron chi connectivity index (χ2n) is 4.23. The Hall–Kier alpha value is -2.44. The van der Waals surface area contributed by atoms with Crippen molar-refractivity contribution in [1.29, 1.82) is 0 Å². The number of carbonyl (C=O) groups excluding carboxylic acids is 3. The van der Waals surface area contributed by atoms with Gasteiger partial charge in [0.05, 0.1) is 27.1 Å². The standard InChI is InChI=1S/C14H16FNO5/c1-20-13(18)8-11(14(19)21-2)16-12(17)7-9-4-3-5-10(15)6-9/h3-6,11H,7-8H2,1-2H3,(H,16,17)/t11-/m0/s1. The van der Waals surface area contributed by atoms with E-state index in [0.717, 1.165) is 7.11 Å². The van der Waals surface area contributed by atoms with Crippen molar-refractivity contribution in [3.8, 4) is 0 Å². The Bertz CT molecular complexity index is 532. The number of ether oxygens (including phenoxy) is 2. The summed E-state index contributed by atoms with van der Waals surface area (Å²) in [4.78, 5) is 34.5. The average molecular weight is 297 g/mol. The fourth-order valence-corrected chi connectivity index (χ4v) is 1.66. The Morgan fingerprint density at radius 3 is 2.52 bits per heavy atom. The van der Waals surface area contributed by atoms with Crippen molar-refractivity contribution >= 4 is 17.8 Å². The highest BCUT2D eigenvalue weighted by molar-refractivity contribution is 5.88. The molecule has 0 aliphatic heterocycles. The number of hydrogen-bond acceptors (Lipinski definition) is 5. The number of nitrogens with one attached hydrogen (secondary N) is 1. The molecule has 6 nitrogen and oxygen atoms in total. The molecule has 7 heteroatoms. The van der Waals surface area contributed by atoms with Crippen LogP contribution in [-0.2, 0) is 30.3 Å². The summed E-state index contributed by atoms with van der Waals surface area (Å²) in [5.41, 5.74) is 0.453. The van der Waals surface area contributed by atoms with E-state index in [-0.39, 0.29) is 12.8 Å². The third kappa shape index (κ3) is 5.60. The maximum atomic E-state index is 13.0. The zero-order chi connectivity index (χ0) is 15.8. The number of halogens is 1. The smallest absolute Gasteiger partial charge is 0.328 e. The molecule has 21 heavy (non-hydrogen) atoms. The monoisotopic (exact) mass is 297 g/mol. The van der Waals surface area contributed by atoms with Crippen LogP contribution in [0.15, 0.2) is 24.3 Å². The van der Waals surface area contributed by atoms with Gasteiger partial charge in [-0.15, -0.1) is 0 Å². The maximum Gasteiger partial charge on any atom is 0.328 e. The van der Waals surface area contributed by atoms with Gasteiger partial charge < -0.3 is 14.8 Å². The van der Waals surface area contributed by atoms with Crippen molar-refractivity contribution in [3.63, 3.8) is 0 Å². The zero-order valence-corrected chi connectivity index (χ0v) is 11.7. The number of hydrogen-bond donors (Lipinski definition) is 1. The van der Waals surface area contributed by atoms with Gasteiger partial charge in [-0.25, -0.2) is 9.18 Å². The minimum absolute atomic E-state index is 0.119. The normalized spacial score (nSPS) is 11.4. The summed E-state index contributed by atoms with van der Waals surface area (Å²) in [7, 11) is 2.32. The number of esters is 2. The first-order valence-corrected chi connectivity index (χ1v) is 6.14. The predicted molar refractivity (Wildman–Crippen MR) is 70.7 cm³/mol. The lowest BCUT2D eigenvalue weighted by Gasteiger charge is -2.15. The molecule has 1 rings (SSSR count). The lowest BCUT2D eigenvalue weighted by molar-refractivity contribution is -0.150. The quantitative estimate of drug-likeness (QED) is 0.777. The summed E-state index contributed by atoms with van der Waals surface area (Å²) in [6, 6.07) is 4.40. The van der Waals surface area contributed by atoms with Crippen LogP contribution in [0.2, 0.25) is 0 Å². The van der Waals surface area contributed by atoms with Gasteiger partial charge in [-0.05, 0) is 17.7 Å². The lowest BCUT2D eigenvalue weighted by atomic mass is 10.1.